The van der Waals surface area contributed by atoms with Crippen LogP contribution in [0.2, 0.25) is 0 Å². The van der Waals surface area contributed by atoms with Crippen molar-refractivity contribution in [2.45, 2.75) is 58.4 Å². The molecule has 0 saturated carbocycles. The molecule has 25 heavy (non-hydrogen) atoms. The van der Waals surface area contributed by atoms with Gasteiger partial charge in [0.15, 0.2) is 0 Å². The highest BCUT2D eigenvalue weighted by Gasteiger charge is 2.23. The van der Waals surface area contributed by atoms with Gasteiger partial charge in [-0.05, 0) is 43.0 Å². The lowest BCUT2D eigenvalue weighted by atomic mass is 9.84. The monoisotopic (exact) mass is 368 g/mol. The molecule has 1 unspecified atom stereocenters. The minimum atomic E-state index is -0.102. The summed E-state index contributed by atoms with van der Waals surface area (Å²) < 4.78 is 5.73. The molecule has 0 bridgehead atoms. The first-order chi connectivity index (χ1) is 11.4. The average Bonchev–Trinajstić information content (AvgIpc) is 3.04. The van der Waals surface area contributed by atoms with Crippen LogP contribution in [0.4, 0.5) is 0 Å². The first-order valence-corrected chi connectivity index (χ1v) is 9.10. The molecule has 5 heteroatoms. The summed E-state index contributed by atoms with van der Waals surface area (Å²) in [7, 11) is 0. The minimum Gasteiger partial charge on any atom is -0.493 e. The molecule has 1 aliphatic heterocycles. The lowest BCUT2D eigenvalue weighted by Gasteiger charge is -2.26. The molecule has 2 N–H and O–H groups in total. The van der Waals surface area contributed by atoms with Gasteiger partial charge in [0.25, 0.3) is 0 Å². The summed E-state index contributed by atoms with van der Waals surface area (Å²) in [4.78, 5) is 12.1. The maximum atomic E-state index is 12.1. The predicted octanol–water partition coefficient (Wildman–Crippen LogP) is 3.68. The second-order valence-corrected chi connectivity index (χ2v) is 7.89. The first kappa shape index (κ1) is 21.8. The quantitative estimate of drug-likeness (QED) is 0.735. The summed E-state index contributed by atoms with van der Waals surface area (Å²) in [5, 5.41) is 6.46. The SMILES string of the molecule is CC(C)COc1ccc(C(C)(C)CNC(=O)CC2CCCN2)cc1.Cl. The molecule has 2 rings (SSSR count). The summed E-state index contributed by atoms with van der Waals surface area (Å²) >= 11 is 0. The normalized spacial score (nSPS) is 17.2. The Morgan fingerprint density at radius 2 is 2.00 bits per heavy atom. The highest BCUT2D eigenvalue weighted by Crippen LogP contribution is 2.25. The Labute approximate surface area is 158 Å². The zero-order valence-electron chi connectivity index (χ0n) is 15.9. The van der Waals surface area contributed by atoms with Crippen molar-refractivity contribution in [3.8, 4) is 5.75 Å². The number of carbonyl (C=O) groups is 1. The molecule has 1 fully saturated rings. The lowest BCUT2D eigenvalue weighted by Crippen LogP contribution is -2.39. The Morgan fingerprint density at radius 3 is 2.56 bits per heavy atom. The Bertz CT molecular complexity index is 523. The van der Waals surface area contributed by atoms with Crippen LogP contribution in [0, 0.1) is 5.92 Å². The Morgan fingerprint density at radius 1 is 1.32 bits per heavy atom. The van der Waals surface area contributed by atoms with Gasteiger partial charge >= 0.3 is 0 Å². The number of carbonyl (C=O) groups excluding carboxylic acids is 1. The molecule has 4 nitrogen and oxygen atoms in total. The topological polar surface area (TPSA) is 50.4 Å². The predicted molar refractivity (Wildman–Crippen MR) is 106 cm³/mol. The van der Waals surface area contributed by atoms with Crippen molar-refractivity contribution < 1.29 is 9.53 Å². The van der Waals surface area contributed by atoms with E-state index in [-0.39, 0.29) is 23.7 Å². The third kappa shape index (κ3) is 7.25. The molecule has 1 saturated heterocycles. The maximum Gasteiger partial charge on any atom is 0.221 e. The molecule has 0 radical (unpaired) electrons. The van der Waals surface area contributed by atoms with Crippen molar-refractivity contribution >= 4 is 18.3 Å². The van der Waals surface area contributed by atoms with Crippen molar-refractivity contribution in [2.75, 3.05) is 19.7 Å². The third-order valence-electron chi connectivity index (χ3n) is 4.54. The first-order valence-electron chi connectivity index (χ1n) is 9.10. The number of rotatable bonds is 8. The number of nitrogens with one attached hydrogen (secondary N) is 2. The van der Waals surface area contributed by atoms with Crippen molar-refractivity contribution in [3.63, 3.8) is 0 Å². The van der Waals surface area contributed by atoms with Crippen LogP contribution in [0.1, 0.15) is 52.5 Å². The van der Waals surface area contributed by atoms with Gasteiger partial charge in [-0.15, -0.1) is 12.4 Å². The van der Waals surface area contributed by atoms with Crippen LogP contribution in [-0.4, -0.2) is 31.6 Å². The number of hydrogen-bond acceptors (Lipinski definition) is 3. The Balaban J connectivity index is 0.00000312. The average molecular weight is 369 g/mol. The number of amides is 1. The van der Waals surface area contributed by atoms with Crippen LogP contribution in [0.5, 0.6) is 5.75 Å². The standard InChI is InChI=1S/C20H32N2O2.ClH/c1-15(2)13-24-18-9-7-16(8-10-18)20(3,4)14-22-19(23)12-17-6-5-11-21-17;/h7-10,15,17,21H,5-6,11-14H2,1-4H3,(H,22,23);1H. The van der Waals surface area contributed by atoms with Gasteiger partial charge in [-0.1, -0.05) is 39.8 Å². The van der Waals surface area contributed by atoms with Gasteiger partial charge in [-0.2, -0.15) is 0 Å². The van der Waals surface area contributed by atoms with Crippen molar-refractivity contribution in [1.29, 1.82) is 0 Å². The summed E-state index contributed by atoms with van der Waals surface area (Å²) in [6, 6.07) is 8.58. The number of benzene rings is 1. The fourth-order valence-corrected chi connectivity index (χ4v) is 2.91. The molecule has 1 aliphatic rings. The largest absolute Gasteiger partial charge is 0.493 e. The van der Waals surface area contributed by atoms with E-state index in [1.807, 2.05) is 12.1 Å². The summed E-state index contributed by atoms with van der Waals surface area (Å²) in [5.74, 6) is 1.56. The third-order valence-corrected chi connectivity index (χ3v) is 4.54. The van der Waals surface area contributed by atoms with E-state index in [2.05, 4.69) is 50.5 Å². The zero-order valence-corrected chi connectivity index (χ0v) is 16.7. The van der Waals surface area contributed by atoms with E-state index >= 15 is 0 Å². The van der Waals surface area contributed by atoms with Crippen molar-refractivity contribution in [3.05, 3.63) is 29.8 Å². The number of halogens is 1. The molecular formula is C20H33ClN2O2. The molecule has 142 valence electrons. The maximum absolute atomic E-state index is 12.1. The van der Waals surface area contributed by atoms with Gasteiger partial charge in [-0.25, -0.2) is 0 Å². The highest BCUT2D eigenvalue weighted by atomic mass is 35.5. The molecule has 0 aliphatic carbocycles. The van der Waals surface area contributed by atoms with E-state index in [1.165, 1.54) is 12.0 Å². The molecule has 0 spiro atoms. The smallest absolute Gasteiger partial charge is 0.221 e. The van der Waals surface area contributed by atoms with E-state index in [0.29, 0.717) is 24.9 Å². The van der Waals surface area contributed by atoms with Gasteiger partial charge in [0.05, 0.1) is 6.61 Å². The van der Waals surface area contributed by atoms with Crippen LogP contribution in [0.3, 0.4) is 0 Å². The summed E-state index contributed by atoms with van der Waals surface area (Å²) in [6.45, 7) is 11.0. The van der Waals surface area contributed by atoms with Crippen LogP contribution in [0.25, 0.3) is 0 Å². The second kappa shape index (κ2) is 10.0. The van der Waals surface area contributed by atoms with Crippen LogP contribution < -0.4 is 15.4 Å². The van der Waals surface area contributed by atoms with Crippen molar-refractivity contribution in [1.82, 2.24) is 10.6 Å². The molecular weight excluding hydrogens is 336 g/mol. The van der Waals surface area contributed by atoms with Gasteiger partial charge in [0.1, 0.15) is 5.75 Å². The summed E-state index contributed by atoms with van der Waals surface area (Å²) in [5.41, 5.74) is 1.11. The van der Waals surface area contributed by atoms with Gasteiger partial charge in [0.2, 0.25) is 5.91 Å². The fraction of sp³-hybridized carbons (Fsp3) is 0.650. The molecule has 1 atom stereocenters. The van der Waals surface area contributed by atoms with Gasteiger partial charge < -0.3 is 15.4 Å². The Kier molecular flexibility index (Phi) is 8.74. The Hall–Kier alpha value is -1.26. The number of hydrogen-bond donors (Lipinski definition) is 2. The molecule has 1 aromatic carbocycles. The van der Waals surface area contributed by atoms with Crippen LogP contribution in [-0.2, 0) is 10.2 Å². The van der Waals surface area contributed by atoms with Crippen LogP contribution in [0.15, 0.2) is 24.3 Å². The molecule has 1 heterocycles. The van der Waals surface area contributed by atoms with E-state index in [9.17, 15) is 4.79 Å². The number of ether oxygens (including phenoxy) is 1. The van der Waals surface area contributed by atoms with E-state index in [4.69, 9.17) is 4.74 Å². The van der Waals surface area contributed by atoms with Crippen molar-refractivity contribution in [2.24, 2.45) is 5.92 Å². The second-order valence-electron chi connectivity index (χ2n) is 7.89. The zero-order chi connectivity index (χ0) is 17.6. The fourth-order valence-electron chi connectivity index (χ4n) is 2.91. The minimum absolute atomic E-state index is 0. The molecule has 1 aromatic rings. The molecule has 1 amide bonds. The molecule has 0 aromatic heterocycles. The summed E-state index contributed by atoms with van der Waals surface area (Å²) in [6.07, 6.45) is 2.86. The van der Waals surface area contributed by atoms with Crippen LogP contribution >= 0.6 is 12.4 Å². The highest BCUT2D eigenvalue weighted by molar-refractivity contribution is 5.85. The van der Waals surface area contributed by atoms with E-state index in [1.54, 1.807) is 0 Å². The van der Waals surface area contributed by atoms with E-state index in [0.717, 1.165) is 25.3 Å². The van der Waals surface area contributed by atoms with Gasteiger partial charge in [-0.3, -0.25) is 4.79 Å². The lowest BCUT2D eigenvalue weighted by molar-refractivity contribution is -0.121. The van der Waals surface area contributed by atoms with E-state index < -0.39 is 0 Å². The van der Waals surface area contributed by atoms with Gasteiger partial charge in [0, 0.05) is 24.4 Å².